The van der Waals surface area contributed by atoms with Crippen LogP contribution in [0.15, 0.2) is 29.1 Å². The number of likely N-dealkylation sites (tertiary alicyclic amines) is 1. The quantitative estimate of drug-likeness (QED) is 0.752. The first-order chi connectivity index (χ1) is 13.6. The van der Waals surface area contributed by atoms with Gasteiger partial charge in [0.15, 0.2) is 0 Å². The van der Waals surface area contributed by atoms with Crippen LogP contribution in [-0.2, 0) is 22.7 Å². The second kappa shape index (κ2) is 8.10. The van der Waals surface area contributed by atoms with Gasteiger partial charge in [0.2, 0.25) is 11.8 Å². The van der Waals surface area contributed by atoms with E-state index in [1.165, 1.54) is 17.5 Å². The van der Waals surface area contributed by atoms with E-state index < -0.39 is 6.04 Å². The summed E-state index contributed by atoms with van der Waals surface area (Å²) in [4.78, 5) is 38.8. The standard InChI is InChI=1S/C20H25N5O3/c26-18-8-7-16(22-18)19(27)21-13-17-14-5-1-2-6-15(14)20(28)25(23-17)12-11-24-9-3-4-10-24/h1-2,5-6,16H,3-4,7-13H2,(H,21,27)(H,22,26). The first-order valence-electron chi connectivity index (χ1n) is 9.90. The molecule has 0 spiro atoms. The lowest BCUT2D eigenvalue weighted by molar-refractivity contribution is -0.125. The van der Waals surface area contributed by atoms with Crippen molar-refractivity contribution in [3.63, 3.8) is 0 Å². The maximum atomic E-state index is 12.8. The number of nitrogens with zero attached hydrogens (tertiary/aromatic N) is 3. The molecule has 8 heteroatoms. The van der Waals surface area contributed by atoms with Crippen molar-refractivity contribution in [2.24, 2.45) is 0 Å². The summed E-state index contributed by atoms with van der Waals surface area (Å²) < 4.78 is 1.51. The molecular weight excluding hydrogens is 358 g/mol. The van der Waals surface area contributed by atoms with Gasteiger partial charge in [0, 0.05) is 18.4 Å². The molecule has 2 N–H and O–H groups in total. The number of hydrogen-bond donors (Lipinski definition) is 2. The molecule has 2 aromatic rings. The van der Waals surface area contributed by atoms with Crippen LogP contribution < -0.4 is 16.2 Å². The summed E-state index contributed by atoms with van der Waals surface area (Å²) in [5.74, 6) is -0.314. The molecule has 1 atom stereocenters. The Morgan fingerprint density at radius 2 is 1.89 bits per heavy atom. The Balaban J connectivity index is 1.53. The minimum atomic E-state index is -0.486. The van der Waals surface area contributed by atoms with Crippen molar-refractivity contribution in [1.82, 2.24) is 25.3 Å². The molecule has 2 aliphatic heterocycles. The Bertz CT molecular complexity index is 948. The monoisotopic (exact) mass is 383 g/mol. The van der Waals surface area contributed by atoms with Crippen molar-refractivity contribution in [1.29, 1.82) is 0 Å². The highest BCUT2D eigenvalue weighted by atomic mass is 16.2. The Kier molecular flexibility index (Phi) is 5.38. The second-order valence-corrected chi connectivity index (χ2v) is 7.45. The van der Waals surface area contributed by atoms with Gasteiger partial charge in [-0.2, -0.15) is 5.10 Å². The number of nitrogens with one attached hydrogen (secondary N) is 2. The minimum absolute atomic E-state index is 0.0980. The zero-order valence-electron chi connectivity index (χ0n) is 15.8. The van der Waals surface area contributed by atoms with Crippen LogP contribution in [0, 0.1) is 0 Å². The average Bonchev–Trinajstić information content (AvgIpc) is 3.38. The molecule has 2 aliphatic rings. The SMILES string of the molecule is O=C1CCC(C(=O)NCc2nn(CCN3CCCC3)c(=O)c3ccccc23)N1. The Morgan fingerprint density at radius 1 is 1.14 bits per heavy atom. The molecule has 1 aromatic carbocycles. The van der Waals surface area contributed by atoms with Crippen LogP contribution in [0.4, 0.5) is 0 Å². The molecular formula is C20H25N5O3. The van der Waals surface area contributed by atoms with E-state index in [0.29, 0.717) is 30.5 Å². The number of fused-ring (bicyclic) bond motifs is 1. The summed E-state index contributed by atoms with van der Waals surface area (Å²) in [5, 5.41) is 11.4. The smallest absolute Gasteiger partial charge is 0.274 e. The number of amides is 2. The fourth-order valence-electron chi connectivity index (χ4n) is 3.93. The highest BCUT2D eigenvalue weighted by molar-refractivity contribution is 5.91. The van der Waals surface area contributed by atoms with Crippen molar-refractivity contribution in [2.75, 3.05) is 19.6 Å². The van der Waals surface area contributed by atoms with Crippen molar-refractivity contribution < 1.29 is 9.59 Å². The maximum absolute atomic E-state index is 12.8. The number of aromatic nitrogens is 2. The highest BCUT2D eigenvalue weighted by Gasteiger charge is 2.27. The van der Waals surface area contributed by atoms with Gasteiger partial charge in [-0.3, -0.25) is 14.4 Å². The van der Waals surface area contributed by atoms with Crippen LogP contribution in [0.5, 0.6) is 0 Å². The Morgan fingerprint density at radius 3 is 2.61 bits per heavy atom. The van der Waals surface area contributed by atoms with Gasteiger partial charge in [0.25, 0.3) is 5.56 Å². The second-order valence-electron chi connectivity index (χ2n) is 7.45. The fraction of sp³-hybridized carbons (Fsp3) is 0.500. The molecule has 1 unspecified atom stereocenters. The van der Waals surface area contributed by atoms with E-state index in [0.717, 1.165) is 25.0 Å². The van der Waals surface area contributed by atoms with E-state index >= 15 is 0 Å². The molecule has 2 fully saturated rings. The number of rotatable bonds is 6. The normalized spacial score (nSPS) is 19.9. The molecule has 148 valence electrons. The van der Waals surface area contributed by atoms with Crippen molar-refractivity contribution >= 4 is 22.6 Å². The predicted octanol–water partition coefficient (Wildman–Crippen LogP) is 0.387. The largest absolute Gasteiger partial charge is 0.349 e. The average molecular weight is 383 g/mol. The summed E-state index contributed by atoms with van der Waals surface area (Å²) in [7, 11) is 0. The summed E-state index contributed by atoms with van der Waals surface area (Å²) >= 11 is 0. The Labute approximate surface area is 162 Å². The lowest BCUT2D eigenvalue weighted by Gasteiger charge is -2.17. The van der Waals surface area contributed by atoms with Crippen molar-refractivity contribution in [2.45, 2.75) is 44.8 Å². The van der Waals surface area contributed by atoms with Gasteiger partial charge in [-0.25, -0.2) is 4.68 Å². The van der Waals surface area contributed by atoms with Crippen LogP contribution in [0.1, 0.15) is 31.4 Å². The number of carbonyl (C=O) groups is 2. The summed E-state index contributed by atoms with van der Waals surface area (Å²) in [5.41, 5.74) is 0.558. The summed E-state index contributed by atoms with van der Waals surface area (Å²) in [6.07, 6.45) is 3.29. The molecule has 0 radical (unpaired) electrons. The van der Waals surface area contributed by atoms with Crippen LogP contribution in [0.2, 0.25) is 0 Å². The van der Waals surface area contributed by atoms with E-state index in [2.05, 4.69) is 20.6 Å². The Hall–Kier alpha value is -2.74. The molecule has 28 heavy (non-hydrogen) atoms. The lowest BCUT2D eigenvalue weighted by Crippen LogP contribution is -2.41. The van der Waals surface area contributed by atoms with Crippen LogP contribution in [0.25, 0.3) is 10.8 Å². The third-order valence-corrected chi connectivity index (χ3v) is 5.51. The zero-order valence-corrected chi connectivity index (χ0v) is 15.8. The molecule has 2 saturated heterocycles. The molecule has 8 nitrogen and oxygen atoms in total. The van der Waals surface area contributed by atoms with Gasteiger partial charge in [0.1, 0.15) is 6.04 Å². The predicted molar refractivity (Wildman–Crippen MR) is 105 cm³/mol. The van der Waals surface area contributed by atoms with Crippen LogP contribution >= 0.6 is 0 Å². The van der Waals surface area contributed by atoms with Crippen LogP contribution in [0.3, 0.4) is 0 Å². The van der Waals surface area contributed by atoms with Gasteiger partial charge in [0.05, 0.1) is 24.2 Å². The molecule has 0 aliphatic carbocycles. The van der Waals surface area contributed by atoms with E-state index in [-0.39, 0.29) is 23.9 Å². The molecule has 0 bridgehead atoms. The molecule has 3 heterocycles. The van der Waals surface area contributed by atoms with E-state index in [1.54, 1.807) is 6.07 Å². The van der Waals surface area contributed by atoms with Gasteiger partial charge in [-0.15, -0.1) is 0 Å². The van der Waals surface area contributed by atoms with Gasteiger partial charge in [-0.05, 0) is 38.4 Å². The lowest BCUT2D eigenvalue weighted by atomic mass is 10.1. The molecule has 2 amide bonds. The van der Waals surface area contributed by atoms with Crippen molar-refractivity contribution in [3.8, 4) is 0 Å². The third-order valence-electron chi connectivity index (χ3n) is 5.51. The van der Waals surface area contributed by atoms with Gasteiger partial charge >= 0.3 is 0 Å². The first-order valence-corrected chi connectivity index (χ1v) is 9.90. The zero-order chi connectivity index (χ0) is 19.5. The topological polar surface area (TPSA) is 96.3 Å². The molecule has 4 rings (SSSR count). The van der Waals surface area contributed by atoms with E-state index in [9.17, 15) is 14.4 Å². The summed E-state index contributed by atoms with van der Waals surface area (Å²) in [6, 6.07) is 6.87. The van der Waals surface area contributed by atoms with Gasteiger partial charge < -0.3 is 15.5 Å². The first kappa shape index (κ1) is 18.6. The van der Waals surface area contributed by atoms with E-state index in [1.807, 2.05) is 18.2 Å². The number of carbonyl (C=O) groups excluding carboxylic acids is 2. The molecule has 1 aromatic heterocycles. The van der Waals surface area contributed by atoms with E-state index in [4.69, 9.17) is 0 Å². The summed E-state index contributed by atoms with van der Waals surface area (Å²) in [6.45, 7) is 3.68. The molecule has 0 saturated carbocycles. The maximum Gasteiger partial charge on any atom is 0.274 e. The minimum Gasteiger partial charge on any atom is -0.349 e. The van der Waals surface area contributed by atoms with Crippen molar-refractivity contribution in [3.05, 3.63) is 40.3 Å². The number of benzene rings is 1. The van der Waals surface area contributed by atoms with Gasteiger partial charge in [-0.1, -0.05) is 18.2 Å². The number of hydrogen-bond acceptors (Lipinski definition) is 5. The fourth-order valence-corrected chi connectivity index (χ4v) is 3.93. The van der Waals surface area contributed by atoms with Crippen LogP contribution in [-0.4, -0.2) is 52.2 Å². The highest BCUT2D eigenvalue weighted by Crippen LogP contribution is 2.14. The third kappa shape index (κ3) is 3.91.